The second-order valence-electron chi connectivity index (χ2n) is 11.9. The predicted molar refractivity (Wildman–Crippen MR) is 187 cm³/mol. The monoisotopic (exact) mass is 617 g/mol. The molecule has 0 aliphatic heterocycles. The van der Waals surface area contributed by atoms with Crippen LogP contribution in [0.25, 0.3) is 0 Å². The van der Waals surface area contributed by atoms with Gasteiger partial charge >= 0.3 is 11.9 Å². The quantitative estimate of drug-likeness (QED) is 0.0462. The van der Waals surface area contributed by atoms with Crippen LogP contribution in [0.4, 0.5) is 0 Å². The van der Waals surface area contributed by atoms with Gasteiger partial charge in [-0.2, -0.15) is 0 Å². The first-order valence-corrected chi connectivity index (χ1v) is 18.2. The molecule has 0 fully saturated rings. The molecular formula is C39H68O5. The average molecular weight is 617 g/mol. The predicted octanol–water partition coefficient (Wildman–Crippen LogP) is 11.1. The second kappa shape index (κ2) is 35.3. The molecule has 0 bridgehead atoms. The average Bonchev–Trinajstić information content (AvgIpc) is 3.02. The molecule has 5 heteroatoms. The number of allylic oxidation sites excluding steroid dienone is 8. The lowest BCUT2D eigenvalue weighted by molar-refractivity contribution is -0.161. The van der Waals surface area contributed by atoms with E-state index < -0.39 is 6.10 Å². The third kappa shape index (κ3) is 32.8. The van der Waals surface area contributed by atoms with Crippen LogP contribution in [-0.2, 0) is 19.1 Å². The van der Waals surface area contributed by atoms with E-state index in [2.05, 4.69) is 62.5 Å². The first kappa shape index (κ1) is 41.9. The van der Waals surface area contributed by atoms with E-state index >= 15 is 0 Å². The van der Waals surface area contributed by atoms with Crippen molar-refractivity contribution >= 4 is 11.9 Å². The van der Waals surface area contributed by atoms with E-state index in [1.807, 2.05) is 0 Å². The summed E-state index contributed by atoms with van der Waals surface area (Å²) in [4.78, 5) is 24.2. The molecule has 0 aliphatic carbocycles. The van der Waals surface area contributed by atoms with Gasteiger partial charge in [0.2, 0.25) is 0 Å². The molecule has 0 heterocycles. The summed E-state index contributed by atoms with van der Waals surface area (Å²) in [7, 11) is 0. The molecule has 0 saturated carbocycles. The van der Waals surface area contributed by atoms with Crippen LogP contribution in [0.2, 0.25) is 0 Å². The fourth-order valence-electron chi connectivity index (χ4n) is 4.79. The van der Waals surface area contributed by atoms with E-state index in [0.717, 1.165) is 70.6 Å². The minimum atomic E-state index is -0.783. The molecule has 0 spiro atoms. The van der Waals surface area contributed by atoms with Gasteiger partial charge in [0.15, 0.2) is 6.10 Å². The fraction of sp³-hybridized carbons (Fsp3) is 0.744. The summed E-state index contributed by atoms with van der Waals surface area (Å²) in [6.45, 7) is 4.04. The molecule has 0 unspecified atom stereocenters. The number of carbonyl (C=O) groups excluding carboxylic acids is 2. The van der Waals surface area contributed by atoms with Crippen molar-refractivity contribution in [2.45, 2.75) is 174 Å². The SMILES string of the molecule is CCCCCC=CCC=CCCCCCCCC(=O)OC[C@@H](CO)OC(=O)CCCCCCCC=CCC=CCCCCC. The Morgan fingerprint density at radius 2 is 0.909 bits per heavy atom. The van der Waals surface area contributed by atoms with Crippen molar-refractivity contribution in [3.05, 3.63) is 48.6 Å². The summed E-state index contributed by atoms with van der Waals surface area (Å²) < 4.78 is 10.6. The van der Waals surface area contributed by atoms with E-state index in [4.69, 9.17) is 9.47 Å². The number of esters is 2. The van der Waals surface area contributed by atoms with Gasteiger partial charge in [-0.05, 0) is 77.0 Å². The summed E-state index contributed by atoms with van der Waals surface area (Å²) in [6.07, 6.45) is 43.0. The van der Waals surface area contributed by atoms with Gasteiger partial charge < -0.3 is 14.6 Å². The molecule has 1 N–H and O–H groups in total. The molecule has 0 aromatic heterocycles. The maximum Gasteiger partial charge on any atom is 0.306 e. The Morgan fingerprint density at radius 3 is 1.34 bits per heavy atom. The zero-order chi connectivity index (χ0) is 32.2. The van der Waals surface area contributed by atoms with Gasteiger partial charge in [0.1, 0.15) is 6.61 Å². The van der Waals surface area contributed by atoms with Gasteiger partial charge in [-0.25, -0.2) is 0 Å². The van der Waals surface area contributed by atoms with Crippen molar-refractivity contribution in [3.63, 3.8) is 0 Å². The van der Waals surface area contributed by atoms with Crippen LogP contribution in [0.3, 0.4) is 0 Å². The molecule has 0 aliphatic rings. The molecule has 0 radical (unpaired) electrons. The van der Waals surface area contributed by atoms with Crippen molar-refractivity contribution < 1.29 is 24.2 Å². The number of ether oxygens (including phenoxy) is 2. The van der Waals surface area contributed by atoms with E-state index in [1.54, 1.807) is 0 Å². The number of unbranched alkanes of at least 4 members (excludes halogenated alkanes) is 16. The van der Waals surface area contributed by atoms with E-state index in [-0.39, 0.29) is 25.2 Å². The summed E-state index contributed by atoms with van der Waals surface area (Å²) in [5.74, 6) is -0.626. The van der Waals surface area contributed by atoms with Gasteiger partial charge in [0, 0.05) is 12.8 Å². The van der Waals surface area contributed by atoms with Crippen LogP contribution in [0.15, 0.2) is 48.6 Å². The molecule has 0 aromatic rings. The zero-order valence-corrected chi connectivity index (χ0v) is 28.7. The van der Waals surface area contributed by atoms with Gasteiger partial charge in [-0.1, -0.05) is 127 Å². The Labute approximate surface area is 271 Å². The van der Waals surface area contributed by atoms with E-state index in [9.17, 15) is 14.7 Å². The van der Waals surface area contributed by atoms with Crippen molar-refractivity contribution in [2.75, 3.05) is 13.2 Å². The third-order valence-electron chi connectivity index (χ3n) is 7.60. The van der Waals surface area contributed by atoms with Crippen LogP contribution in [0, 0.1) is 0 Å². The van der Waals surface area contributed by atoms with Gasteiger partial charge in [0.05, 0.1) is 6.61 Å². The van der Waals surface area contributed by atoms with E-state index in [0.29, 0.717) is 12.8 Å². The number of hydrogen-bond donors (Lipinski definition) is 1. The highest BCUT2D eigenvalue weighted by molar-refractivity contribution is 5.70. The molecule has 0 aromatic carbocycles. The molecule has 0 saturated heterocycles. The summed E-state index contributed by atoms with van der Waals surface area (Å²) in [6, 6.07) is 0. The van der Waals surface area contributed by atoms with Crippen LogP contribution in [-0.4, -0.2) is 36.4 Å². The minimum Gasteiger partial charge on any atom is -0.462 e. The number of rotatable bonds is 32. The number of aliphatic hydroxyl groups is 1. The van der Waals surface area contributed by atoms with Crippen LogP contribution in [0.5, 0.6) is 0 Å². The van der Waals surface area contributed by atoms with Crippen molar-refractivity contribution in [2.24, 2.45) is 0 Å². The van der Waals surface area contributed by atoms with E-state index in [1.165, 1.54) is 70.6 Å². The maximum atomic E-state index is 12.1. The number of carbonyl (C=O) groups is 2. The van der Waals surface area contributed by atoms with Crippen LogP contribution in [0.1, 0.15) is 168 Å². The summed E-state index contributed by atoms with van der Waals surface area (Å²) >= 11 is 0. The standard InChI is InChI=1S/C39H68O5/c1-3-5-7-9-11-13-15-17-19-21-23-25-27-29-31-33-38(41)43-36-37(35-40)44-39(42)34-32-30-28-26-24-22-20-18-16-14-12-10-8-6-4-2/h11-14,17-20,37,40H,3-10,15-16,21-36H2,1-2H3/t37-/m1/s1. The minimum absolute atomic E-state index is 0.0799. The normalized spacial score (nSPS) is 12.7. The van der Waals surface area contributed by atoms with Crippen molar-refractivity contribution in [1.82, 2.24) is 0 Å². The molecule has 5 nitrogen and oxygen atoms in total. The molecule has 0 rings (SSSR count). The Hall–Kier alpha value is -2.14. The zero-order valence-electron chi connectivity index (χ0n) is 28.7. The van der Waals surface area contributed by atoms with Gasteiger partial charge in [-0.15, -0.1) is 0 Å². The summed E-state index contributed by atoms with van der Waals surface area (Å²) in [5, 5.41) is 9.52. The molecular weight excluding hydrogens is 548 g/mol. The number of hydrogen-bond acceptors (Lipinski definition) is 5. The van der Waals surface area contributed by atoms with Crippen LogP contribution >= 0.6 is 0 Å². The topological polar surface area (TPSA) is 72.8 Å². The van der Waals surface area contributed by atoms with Crippen molar-refractivity contribution in [1.29, 1.82) is 0 Å². The maximum absolute atomic E-state index is 12.1. The first-order valence-electron chi connectivity index (χ1n) is 18.2. The Balaban J connectivity index is 3.64. The molecule has 1 atom stereocenters. The molecule has 254 valence electrons. The first-order chi connectivity index (χ1) is 21.6. The highest BCUT2D eigenvalue weighted by atomic mass is 16.6. The second-order valence-corrected chi connectivity index (χ2v) is 11.9. The van der Waals surface area contributed by atoms with Crippen molar-refractivity contribution in [3.8, 4) is 0 Å². The Bertz CT molecular complexity index is 752. The molecule has 0 amide bonds. The van der Waals surface area contributed by atoms with Gasteiger partial charge in [0.25, 0.3) is 0 Å². The largest absolute Gasteiger partial charge is 0.462 e. The summed E-state index contributed by atoms with van der Waals surface area (Å²) in [5.41, 5.74) is 0. The lowest BCUT2D eigenvalue weighted by atomic mass is 10.1. The highest BCUT2D eigenvalue weighted by Crippen LogP contribution is 2.11. The number of aliphatic hydroxyl groups excluding tert-OH is 1. The van der Waals surface area contributed by atoms with Crippen LogP contribution < -0.4 is 0 Å². The lowest BCUT2D eigenvalue weighted by Crippen LogP contribution is -2.28. The molecule has 44 heavy (non-hydrogen) atoms. The van der Waals surface area contributed by atoms with Gasteiger partial charge in [-0.3, -0.25) is 9.59 Å². The Morgan fingerprint density at radius 1 is 0.523 bits per heavy atom. The fourth-order valence-corrected chi connectivity index (χ4v) is 4.79. The lowest BCUT2D eigenvalue weighted by Gasteiger charge is -2.15. The highest BCUT2D eigenvalue weighted by Gasteiger charge is 2.16. The Kier molecular flexibility index (Phi) is 33.6. The smallest absolute Gasteiger partial charge is 0.306 e. The third-order valence-corrected chi connectivity index (χ3v) is 7.60.